The molecule has 32 heavy (non-hydrogen) atoms. The molecule has 0 bridgehead atoms. The van der Waals surface area contributed by atoms with Gasteiger partial charge in [0.25, 0.3) is 15.9 Å². The van der Waals surface area contributed by atoms with E-state index in [4.69, 9.17) is 16.3 Å². The van der Waals surface area contributed by atoms with Gasteiger partial charge in [-0.1, -0.05) is 23.7 Å². The maximum atomic E-state index is 13.7. The lowest BCUT2D eigenvalue weighted by Crippen LogP contribution is -2.24. The number of benzene rings is 3. The molecule has 168 valence electrons. The van der Waals surface area contributed by atoms with Gasteiger partial charge in [0.2, 0.25) is 0 Å². The molecule has 0 aromatic heterocycles. The fourth-order valence-corrected chi connectivity index (χ4v) is 4.16. The van der Waals surface area contributed by atoms with E-state index in [2.05, 4.69) is 10.0 Å². The van der Waals surface area contributed by atoms with Gasteiger partial charge in [0.1, 0.15) is 11.6 Å². The van der Waals surface area contributed by atoms with Crippen LogP contribution >= 0.6 is 11.6 Å². The van der Waals surface area contributed by atoms with E-state index >= 15 is 0 Å². The number of carbonyl (C=O) groups excluding carboxylic acids is 1. The van der Waals surface area contributed by atoms with Gasteiger partial charge in [-0.2, -0.15) is 0 Å². The summed E-state index contributed by atoms with van der Waals surface area (Å²) in [6.07, 6.45) is 0. The summed E-state index contributed by atoms with van der Waals surface area (Å²) in [5, 5.41) is 2.73. The Labute approximate surface area is 191 Å². The highest BCUT2D eigenvalue weighted by Gasteiger charge is 2.19. The summed E-state index contributed by atoms with van der Waals surface area (Å²) >= 11 is 6.13. The Kier molecular flexibility index (Phi) is 7.37. The number of ether oxygens (including phenoxy) is 1. The van der Waals surface area contributed by atoms with Crippen LogP contribution in [0, 0.1) is 12.7 Å². The van der Waals surface area contributed by atoms with Crippen molar-refractivity contribution in [3.05, 3.63) is 88.2 Å². The molecular weight excluding hydrogens is 455 g/mol. The molecule has 0 aliphatic heterocycles. The molecule has 0 heterocycles. The molecule has 0 aliphatic rings. The Hall–Kier alpha value is -3.10. The molecule has 0 aliphatic carbocycles. The largest absolute Gasteiger partial charge is 0.494 e. The number of hydrogen-bond donors (Lipinski definition) is 2. The summed E-state index contributed by atoms with van der Waals surface area (Å²) in [5.41, 5.74) is 1.41. The Balaban J connectivity index is 1.75. The summed E-state index contributed by atoms with van der Waals surface area (Å²) in [7, 11) is -3.97. The minimum Gasteiger partial charge on any atom is -0.494 e. The second-order valence-corrected chi connectivity index (χ2v) is 9.06. The normalized spacial score (nSPS) is 11.1. The van der Waals surface area contributed by atoms with E-state index in [0.29, 0.717) is 29.2 Å². The molecule has 3 aromatic rings. The van der Waals surface area contributed by atoms with Gasteiger partial charge in [0.15, 0.2) is 0 Å². The Morgan fingerprint density at radius 3 is 2.44 bits per heavy atom. The van der Waals surface area contributed by atoms with E-state index < -0.39 is 15.9 Å². The van der Waals surface area contributed by atoms with Crippen LogP contribution in [0.1, 0.15) is 28.4 Å². The third-order valence-corrected chi connectivity index (χ3v) is 6.31. The molecule has 0 unspecified atom stereocenters. The first kappa shape index (κ1) is 23.6. The smallest absolute Gasteiger partial charge is 0.261 e. The zero-order chi connectivity index (χ0) is 23.3. The molecule has 0 spiro atoms. The molecule has 1 amide bonds. The summed E-state index contributed by atoms with van der Waals surface area (Å²) < 4.78 is 47.1. The highest BCUT2D eigenvalue weighted by atomic mass is 35.5. The van der Waals surface area contributed by atoms with Gasteiger partial charge in [-0.25, -0.2) is 12.8 Å². The number of halogens is 2. The molecule has 3 aromatic carbocycles. The molecule has 0 saturated heterocycles. The highest BCUT2D eigenvalue weighted by molar-refractivity contribution is 7.92. The number of nitrogens with one attached hydrogen (secondary N) is 2. The lowest BCUT2D eigenvalue weighted by Gasteiger charge is -2.12. The van der Waals surface area contributed by atoms with Crippen molar-refractivity contribution < 1.29 is 22.3 Å². The maximum Gasteiger partial charge on any atom is 0.261 e. The first-order valence-corrected chi connectivity index (χ1v) is 11.6. The zero-order valence-electron chi connectivity index (χ0n) is 17.5. The Bertz CT molecular complexity index is 1230. The van der Waals surface area contributed by atoms with Crippen LogP contribution in [0.15, 0.2) is 65.6 Å². The van der Waals surface area contributed by atoms with Crippen molar-refractivity contribution in [1.82, 2.24) is 5.32 Å². The summed E-state index contributed by atoms with van der Waals surface area (Å²) in [6.45, 7) is 4.06. The molecule has 9 heteroatoms. The summed E-state index contributed by atoms with van der Waals surface area (Å²) in [4.78, 5) is 12.5. The van der Waals surface area contributed by atoms with Crippen LogP contribution < -0.4 is 14.8 Å². The third-order valence-electron chi connectivity index (χ3n) is 4.60. The van der Waals surface area contributed by atoms with E-state index in [9.17, 15) is 17.6 Å². The van der Waals surface area contributed by atoms with Gasteiger partial charge in [-0.15, -0.1) is 0 Å². The van der Waals surface area contributed by atoms with Crippen LogP contribution in [0.4, 0.5) is 10.1 Å². The lowest BCUT2D eigenvalue weighted by molar-refractivity contribution is 0.0950. The third kappa shape index (κ3) is 5.77. The average Bonchev–Trinajstić information content (AvgIpc) is 2.76. The highest BCUT2D eigenvalue weighted by Crippen LogP contribution is 2.24. The minimum absolute atomic E-state index is 0.00572. The van der Waals surface area contributed by atoms with Gasteiger partial charge >= 0.3 is 0 Å². The maximum absolute atomic E-state index is 13.7. The number of sulfonamides is 1. The summed E-state index contributed by atoms with van der Waals surface area (Å²) in [6, 6.07) is 14.9. The fourth-order valence-electron chi connectivity index (χ4n) is 2.87. The van der Waals surface area contributed by atoms with Gasteiger partial charge in [0.05, 0.1) is 22.1 Å². The lowest BCUT2D eigenvalue weighted by atomic mass is 10.1. The van der Waals surface area contributed by atoms with Gasteiger partial charge in [-0.3, -0.25) is 9.52 Å². The van der Waals surface area contributed by atoms with Crippen LogP contribution in [-0.2, 0) is 16.6 Å². The van der Waals surface area contributed by atoms with Crippen molar-refractivity contribution in [1.29, 1.82) is 0 Å². The Morgan fingerprint density at radius 1 is 1.06 bits per heavy atom. The van der Waals surface area contributed by atoms with E-state index in [1.807, 2.05) is 6.92 Å². The number of anilines is 1. The van der Waals surface area contributed by atoms with Gasteiger partial charge in [-0.05, 0) is 73.5 Å². The quantitative estimate of drug-likeness (QED) is 0.483. The predicted molar refractivity (Wildman–Crippen MR) is 122 cm³/mol. The first-order chi connectivity index (χ1) is 15.2. The van der Waals surface area contributed by atoms with Crippen molar-refractivity contribution in [3.8, 4) is 5.75 Å². The predicted octanol–water partition coefficient (Wildman–Crippen LogP) is 4.92. The van der Waals surface area contributed by atoms with Crippen LogP contribution in [-0.4, -0.2) is 20.9 Å². The zero-order valence-corrected chi connectivity index (χ0v) is 19.1. The van der Waals surface area contributed by atoms with E-state index in [1.54, 1.807) is 43.3 Å². The fraction of sp³-hybridized carbons (Fsp3) is 0.174. The monoisotopic (exact) mass is 476 g/mol. The van der Waals surface area contributed by atoms with Crippen molar-refractivity contribution in [3.63, 3.8) is 0 Å². The second kappa shape index (κ2) is 10.0. The van der Waals surface area contributed by atoms with E-state index in [-0.39, 0.29) is 27.8 Å². The van der Waals surface area contributed by atoms with Crippen LogP contribution in [0.25, 0.3) is 0 Å². The molecule has 0 atom stereocenters. The summed E-state index contributed by atoms with van der Waals surface area (Å²) in [5.74, 6) is -0.327. The molecule has 2 N–H and O–H groups in total. The van der Waals surface area contributed by atoms with Crippen molar-refractivity contribution in [2.24, 2.45) is 0 Å². The van der Waals surface area contributed by atoms with Crippen molar-refractivity contribution in [2.75, 3.05) is 11.3 Å². The van der Waals surface area contributed by atoms with Crippen LogP contribution in [0.5, 0.6) is 5.75 Å². The molecule has 0 radical (unpaired) electrons. The SMILES string of the molecule is CCOc1ccc(NS(=O)(=O)c2ccc(Cl)c(C(=O)NCc3ccc(C)c(F)c3)c2)cc1. The van der Waals surface area contributed by atoms with Crippen LogP contribution in [0.2, 0.25) is 5.02 Å². The van der Waals surface area contributed by atoms with E-state index in [0.717, 1.165) is 0 Å². The van der Waals surface area contributed by atoms with Gasteiger partial charge in [0, 0.05) is 12.2 Å². The first-order valence-electron chi connectivity index (χ1n) is 9.78. The molecular formula is C23H22ClFN2O4S. The molecule has 0 fully saturated rings. The standard InChI is InChI=1S/C23H22ClFN2O4S/c1-3-31-18-8-6-17(7-9-18)27-32(29,30)19-10-11-21(24)20(13-19)23(28)26-14-16-5-4-15(2)22(25)12-16/h4-13,27H,3,14H2,1-2H3,(H,26,28). The minimum atomic E-state index is -3.97. The molecule has 0 saturated carbocycles. The second-order valence-electron chi connectivity index (χ2n) is 6.97. The number of aryl methyl sites for hydroxylation is 1. The van der Waals surface area contributed by atoms with Crippen LogP contribution in [0.3, 0.4) is 0 Å². The van der Waals surface area contributed by atoms with Gasteiger partial charge < -0.3 is 10.1 Å². The average molecular weight is 477 g/mol. The van der Waals surface area contributed by atoms with Crippen molar-refractivity contribution in [2.45, 2.75) is 25.3 Å². The van der Waals surface area contributed by atoms with E-state index in [1.165, 1.54) is 24.3 Å². The number of hydrogen-bond acceptors (Lipinski definition) is 4. The van der Waals surface area contributed by atoms with Crippen molar-refractivity contribution >= 4 is 33.2 Å². The Morgan fingerprint density at radius 2 is 1.78 bits per heavy atom. The number of rotatable bonds is 8. The topological polar surface area (TPSA) is 84.5 Å². The molecule has 6 nitrogen and oxygen atoms in total. The number of amides is 1. The molecule has 3 rings (SSSR count). The number of carbonyl (C=O) groups is 1.